The summed E-state index contributed by atoms with van der Waals surface area (Å²) in [5.74, 6) is -1.03. The molecule has 0 radical (unpaired) electrons. The van der Waals surface area contributed by atoms with Gasteiger partial charge in [-0.1, -0.05) is 23.7 Å². The molecular formula is C24H23ClF2N2O3S. The van der Waals surface area contributed by atoms with Gasteiger partial charge in [-0.25, -0.2) is 8.78 Å². The average Bonchev–Trinajstić information content (AvgIpc) is 2.78. The van der Waals surface area contributed by atoms with Gasteiger partial charge in [0.2, 0.25) is 6.41 Å². The molecule has 3 aromatic rings. The van der Waals surface area contributed by atoms with E-state index in [1.807, 2.05) is 6.92 Å². The molecule has 0 saturated carbocycles. The minimum atomic E-state index is -0.765. The van der Waals surface area contributed by atoms with E-state index in [1.54, 1.807) is 36.4 Å². The van der Waals surface area contributed by atoms with Gasteiger partial charge in [0.15, 0.2) is 0 Å². The molecule has 0 atom stereocenters. The van der Waals surface area contributed by atoms with Crippen molar-refractivity contribution in [3.8, 4) is 22.6 Å². The molecule has 0 bridgehead atoms. The van der Waals surface area contributed by atoms with Gasteiger partial charge in [0, 0.05) is 18.2 Å². The van der Waals surface area contributed by atoms with E-state index < -0.39 is 11.6 Å². The van der Waals surface area contributed by atoms with Gasteiger partial charge < -0.3 is 19.9 Å². The van der Waals surface area contributed by atoms with E-state index >= 15 is 0 Å². The molecule has 9 heteroatoms. The molecule has 0 saturated heterocycles. The summed E-state index contributed by atoms with van der Waals surface area (Å²) >= 11 is 6.97. The van der Waals surface area contributed by atoms with Crippen LogP contribution in [0.25, 0.3) is 11.1 Å². The largest absolute Gasteiger partial charge is 0.505 e. The van der Waals surface area contributed by atoms with E-state index in [1.165, 1.54) is 6.07 Å². The molecular weight excluding hydrogens is 470 g/mol. The summed E-state index contributed by atoms with van der Waals surface area (Å²) in [6.07, 6.45) is 2.18. The summed E-state index contributed by atoms with van der Waals surface area (Å²) in [6, 6.07) is 12.4. The highest BCUT2D eigenvalue weighted by molar-refractivity contribution is 8.00. The summed E-state index contributed by atoms with van der Waals surface area (Å²) in [5.41, 5.74) is 1.62. The molecule has 0 spiro atoms. The van der Waals surface area contributed by atoms with Crippen LogP contribution in [-0.4, -0.2) is 24.7 Å². The minimum Gasteiger partial charge on any atom is -0.505 e. The number of phenolic OH excluding ortho intramolecular Hbond substituents is 1. The molecule has 174 valence electrons. The summed E-state index contributed by atoms with van der Waals surface area (Å²) in [6.45, 7) is 2.85. The lowest BCUT2D eigenvalue weighted by Crippen LogP contribution is -2.13. The molecule has 3 N–H and O–H groups in total. The SMILES string of the molecule is Cc1cc(Cl)c(O)c(SNc2cc(-c3cccc(OCCCCNC=O)c3)c(F)cc2F)c1. The van der Waals surface area contributed by atoms with Crippen LogP contribution in [0, 0.1) is 18.6 Å². The summed E-state index contributed by atoms with van der Waals surface area (Å²) in [7, 11) is 0. The fraction of sp³-hybridized carbons (Fsp3) is 0.208. The third kappa shape index (κ3) is 6.76. The second-order valence-corrected chi connectivity index (χ2v) is 8.52. The highest BCUT2D eigenvalue weighted by Gasteiger charge is 2.14. The normalized spacial score (nSPS) is 10.7. The zero-order valence-corrected chi connectivity index (χ0v) is 19.4. The predicted octanol–water partition coefficient (Wildman–Crippen LogP) is 6.32. The maximum atomic E-state index is 14.6. The molecule has 0 aliphatic heterocycles. The van der Waals surface area contributed by atoms with Crippen LogP contribution in [0.1, 0.15) is 18.4 Å². The lowest BCUT2D eigenvalue weighted by Gasteiger charge is -2.13. The molecule has 33 heavy (non-hydrogen) atoms. The Kier molecular flexibility index (Phi) is 8.79. The minimum absolute atomic E-state index is 0.0578. The van der Waals surface area contributed by atoms with Crippen molar-refractivity contribution in [2.75, 3.05) is 17.9 Å². The third-order valence-electron chi connectivity index (χ3n) is 4.71. The highest BCUT2D eigenvalue weighted by atomic mass is 35.5. The number of halogens is 3. The zero-order valence-electron chi connectivity index (χ0n) is 17.8. The number of amides is 1. The van der Waals surface area contributed by atoms with Crippen LogP contribution in [0.2, 0.25) is 5.02 Å². The number of ether oxygens (including phenoxy) is 1. The van der Waals surface area contributed by atoms with Crippen molar-refractivity contribution in [2.45, 2.75) is 24.7 Å². The van der Waals surface area contributed by atoms with E-state index in [0.717, 1.165) is 36.4 Å². The molecule has 0 aromatic heterocycles. The van der Waals surface area contributed by atoms with Gasteiger partial charge in [-0.3, -0.25) is 4.79 Å². The first-order valence-corrected chi connectivity index (χ1v) is 11.4. The third-order valence-corrected chi connectivity index (χ3v) is 5.85. The summed E-state index contributed by atoms with van der Waals surface area (Å²) in [5, 5.41) is 12.9. The number of phenols is 1. The van der Waals surface area contributed by atoms with Crippen LogP contribution in [0.15, 0.2) is 53.4 Å². The van der Waals surface area contributed by atoms with Crippen molar-refractivity contribution in [3.63, 3.8) is 0 Å². The van der Waals surface area contributed by atoms with Gasteiger partial charge >= 0.3 is 0 Å². The van der Waals surface area contributed by atoms with Crippen LogP contribution >= 0.6 is 23.5 Å². The number of hydrogen-bond donors (Lipinski definition) is 3. The number of rotatable bonds is 11. The van der Waals surface area contributed by atoms with E-state index in [-0.39, 0.29) is 22.0 Å². The van der Waals surface area contributed by atoms with E-state index in [4.69, 9.17) is 16.3 Å². The number of aromatic hydroxyl groups is 1. The first-order valence-electron chi connectivity index (χ1n) is 10.2. The van der Waals surface area contributed by atoms with Crippen LogP contribution in [0.5, 0.6) is 11.5 Å². The van der Waals surface area contributed by atoms with Crippen LogP contribution in [-0.2, 0) is 4.79 Å². The van der Waals surface area contributed by atoms with Crippen LogP contribution in [0.4, 0.5) is 14.5 Å². The highest BCUT2D eigenvalue weighted by Crippen LogP contribution is 2.38. The lowest BCUT2D eigenvalue weighted by molar-refractivity contribution is -0.109. The van der Waals surface area contributed by atoms with Gasteiger partial charge in [0.25, 0.3) is 0 Å². The molecule has 1 amide bonds. The van der Waals surface area contributed by atoms with Crippen molar-refractivity contribution < 1.29 is 23.4 Å². The van der Waals surface area contributed by atoms with Crippen molar-refractivity contribution in [3.05, 3.63) is 70.8 Å². The Morgan fingerprint density at radius 3 is 2.73 bits per heavy atom. The summed E-state index contributed by atoms with van der Waals surface area (Å²) < 4.78 is 37.6. The Morgan fingerprint density at radius 2 is 1.94 bits per heavy atom. The molecule has 0 aliphatic carbocycles. The van der Waals surface area contributed by atoms with Gasteiger partial charge in [-0.05, 0) is 73.2 Å². The molecule has 0 heterocycles. The second kappa shape index (κ2) is 11.8. The number of aryl methyl sites for hydroxylation is 1. The van der Waals surface area contributed by atoms with Gasteiger partial charge in [-0.2, -0.15) is 0 Å². The number of hydrogen-bond acceptors (Lipinski definition) is 5. The van der Waals surface area contributed by atoms with Crippen molar-refractivity contribution in [1.29, 1.82) is 0 Å². The first kappa shape index (κ1) is 24.7. The molecule has 3 rings (SSSR count). The molecule has 5 nitrogen and oxygen atoms in total. The number of benzene rings is 3. The Morgan fingerprint density at radius 1 is 1.12 bits per heavy atom. The maximum Gasteiger partial charge on any atom is 0.207 e. The monoisotopic (exact) mass is 492 g/mol. The first-order chi connectivity index (χ1) is 15.9. The van der Waals surface area contributed by atoms with E-state index in [9.17, 15) is 18.7 Å². The van der Waals surface area contributed by atoms with Gasteiger partial charge in [0.1, 0.15) is 23.1 Å². The Hall–Kier alpha value is -2.97. The van der Waals surface area contributed by atoms with Crippen molar-refractivity contribution in [1.82, 2.24) is 5.32 Å². The topological polar surface area (TPSA) is 70.6 Å². The predicted molar refractivity (Wildman–Crippen MR) is 128 cm³/mol. The Balaban J connectivity index is 1.74. The smallest absolute Gasteiger partial charge is 0.207 e. The fourth-order valence-electron chi connectivity index (χ4n) is 3.07. The van der Waals surface area contributed by atoms with Crippen LogP contribution < -0.4 is 14.8 Å². The average molecular weight is 493 g/mol. The van der Waals surface area contributed by atoms with Gasteiger partial charge in [0.05, 0.1) is 22.2 Å². The fourth-order valence-corrected chi connectivity index (χ4v) is 4.23. The lowest BCUT2D eigenvalue weighted by atomic mass is 10.0. The van der Waals surface area contributed by atoms with Crippen molar-refractivity contribution in [2.24, 2.45) is 0 Å². The number of anilines is 1. The standard InChI is InChI=1S/C24H23ClF2N2O3S/c1-15-9-19(25)24(31)23(10-15)33-29-22-12-18(20(26)13-21(22)27)16-5-4-6-17(11-16)32-8-3-2-7-28-14-30/h4-6,9-14,29,31H,2-3,7-8H2,1H3,(H,28,30). The van der Waals surface area contributed by atoms with Gasteiger partial charge in [-0.15, -0.1) is 0 Å². The zero-order chi connectivity index (χ0) is 23.8. The Labute approximate surface area is 200 Å². The Bertz CT molecular complexity index is 1130. The number of carbonyl (C=O) groups excluding carboxylic acids is 1. The second-order valence-electron chi connectivity index (χ2n) is 7.26. The molecule has 0 unspecified atom stereocenters. The maximum absolute atomic E-state index is 14.6. The number of carbonyl (C=O) groups is 1. The summed E-state index contributed by atoms with van der Waals surface area (Å²) in [4.78, 5) is 10.7. The quantitative estimate of drug-likeness (QED) is 0.166. The van der Waals surface area contributed by atoms with Crippen molar-refractivity contribution >= 4 is 35.6 Å². The molecule has 3 aromatic carbocycles. The molecule has 0 fully saturated rings. The van der Waals surface area contributed by atoms with E-state index in [0.29, 0.717) is 35.8 Å². The van der Waals surface area contributed by atoms with Crippen LogP contribution in [0.3, 0.4) is 0 Å². The number of nitrogens with one attached hydrogen (secondary N) is 2. The molecule has 0 aliphatic rings. The number of unbranched alkanes of at least 4 members (excludes halogenated alkanes) is 1. The van der Waals surface area contributed by atoms with E-state index in [2.05, 4.69) is 10.0 Å².